The zero-order chi connectivity index (χ0) is 15.4. The maximum Gasteiger partial charge on any atom is 0.170 e. The van der Waals surface area contributed by atoms with Gasteiger partial charge in [0.1, 0.15) is 12.4 Å². The minimum Gasteiger partial charge on any atom is -0.488 e. The monoisotopic (exact) mass is 304 g/mol. The van der Waals surface area contributed by atoms with Gasteiger partial charge >= 0.3 is 0 Å². The van der Waals surface area contributed by atoms with E-state index in [4.69, 9.17) is 15.7 Å². The fraction of sp³-hybridized carbons (Fsp3) is 0.312. The number of nitrogens with two attached hydrogens (primary N) is 1. The van der Waals surface area contributed by atoms with E-state index in [9.17, 15) is 0 Å². The van der Waals surface area contributed by atoms with Crippen molar-refractivity contribution >= 4 is 17.2 Å². The van der Waals surface area contributed by atoms with Crippen molar-refractivity contribution in [2.45, 2.75) is 33.8 Å². The molecular weight excluding hydrogens is 284 g/mol. The van der Waals surface area contributed by atoms with Gasteiger partial charge in [0.25, 0.3) is 0 Å². The Kier molecular flexibility index (Phi) is 4.85. The molecule has 0 amide bonds. The Morgan fingerprint density at radius 1 is 1.24 bits per heavy atom. The third-order valence-corrected chi connectivity index (χ3v) is 4.49. The SMILES string of the molecule is CCc1ccc(COc2c(C)cc(C(N)=NO)cc2C)s1. The maximum atomic E-state index is 8.75. The van der Waals surface area contributed by atoms with E-state index in [1.807, 2.05) is 26.0 Å². The highest BCUT2D eigenvalue weighted by Crippen LogP contribution is 2.27. The van der Waals surface area contributed by atoms with Gasteiger partial charge in [0.05, 0.1) is 0 Å². The second-order valence-electron chi connectivity index (χ2n) is 4.93. The molecule has 0 fully saturated rings. The molecule has 0 aliphatic rings. The third-order valence-electron chi connectivity index (χ3n) is 3.29. The van der Waals surface area contributed by atoms with Crippen molar-refractivity contribution in [3.05, 3.63) is 50.7 Å². The van der Waals surface area contributed by atoms with E-state index >= 15 is 0 Å². The number of oxime groups is 1. The summed E-state index contributed by atoms with van der Waals surface area (Å²) in [5.41, 5.74) is 8.28. The molecule has 0 radical (unpaired) electrons. The average molecular weight is 304 g/mol. The summed E-state index contributed by atoms with van der Waals surface area (Å²) in [6, 6.07) is 7.98. The zero-order valence-electron chi connectivity index (χ0n) is 12.5. The second-order valence-corrected chi connectivity index (χ2v) is 6.19. The molecule has 2 aromatic rings. The number of benzene rings is 1. The largest absolute Gasteiger partial charge is 0.488 e. The summed E-state index contributed by atoms with van der Waals surface area (Å²) >= 11 is 1.78. The Hall–Kier alpha value is -2.01. The molecule has 4 nitrogen and oxygen atoms in total. The van der Waals surface area contributed by atoms with Crippen LogP contribution in [0, 0.1) is 13.8 Å². The highest BCUT2D eigenvalue weighted by Gasteiger charge is 2.10. The molecule has 0 aliphatic heterocycles. The van der Waals surface area contributed by atoms with Crippen LogP contribution in [0.1, 0.15) is 33.4 Å². The van der Waals surface area contributed by atoms with Crippen LogP contribution in [-0.2, 0) is 13.0 Å². The number of nitrogens with zero attached hydrogens (tertiary/aromatic N) is 1. The van der Waals surface area contributed by atoms with E-state index in [0.717, 1.165) is 23.3 Å². The van der Waals surface area contributed by atoms with Crippen LogP contribution in [0.25, 0.3) is 0 Å². The van der Waals surface area contributed by atoms with Crippen LogP contribution < -0.4 is 10.5 Å². The number of hydrogen-bond donors (Lipinski definition) is 2. The molecule has 1 heterocycles. The lowest BCUT2D eigenvalue weighted by Gasteiger charge is -2.13. The van der Waals surface area contributed by atoms with Gasteiger partial charge in [0.2, 0.25) is 0 Å². The summed E-state index contributed by atoms with van der Waals surface area (Å²) in [5, 5.41) is 11.8. The summed E-state index contributed by atoms with van der Waals surface area (Å²) in [7, 11) is 0. The number of ether oxygens (including phenoxy) is 1. The maximum absolute atomic E-state index is 8.75. The van der Waals surface area contributed by atoms with Crippen molar-refractivity contribution in [1.82, 2.24) is 0 Å². The summed E-state index contributed by atoms with van der Waals surface area (Å²) in [5.74, 6) is 0.967. The first-order chi connectivity index (χ1) is 10.0. The van der Waals surface area contributed by atoms with Gasteiger partial charge in [-0.15, -0.1) is 11.3 Å². The molecule has 3 N–H and O–H groups in total. The fourth-order valence-corrected chi connectivity index (χ4v) is 3.09. The summed E-state index contributed by atoms with van der Waals surface area (Å²) in [6.07, 6.45) is 1.05. The molecule has 0 bridgehead atoms. The van der Waals surface area contributed by atoms with Crippen molar-refractivity contribution in [1.29, 1.82) is 0 Å². The van der Waals surface area contributed by atoms with Gasteiger partial charge in [-0.3, -0.25) is 0 Å². The Balaban J connectivity index is 2.16. The fourth-order valence-electron chi connectivity index (χ4n) is 2.22. The standard InChI is InChI=1S/C16H20N2O2S/c1-4-13-5-6-14(21-13)9-20-15-10(2)7-12(8-11(15)3)16(17)18-19/h5-8,19H,4,9H2,1-3H3,(H2,17,18). The predicted molar refractivity (Wildman–Crippen MR) is 86.5 cm³/mol. The average Bonchev–Trinajstić information content (AvgIpc) is 2.93. The van der Waals surface area contributed by atoms with Crippen molar-refractivity contribution in [2.75, 3.05) is 0 Å². The molecule has 0 saturated carbocycles. The highest BCUT2D eigenvalue weighted by molar-refractivity contribution is 7.11. The number of hydrogen-bond acceptors (Lipinski definition) is 4. The first kappa shape index (κ1) is 15.4. The van der Waals surface area contributed by atoms with E-state index < -0.39 is 0 Å². The van der Waals surface area contributed by atoms with E-state index in [1.165, 1.54) is 9.75 Å². The molecule has 1 aromatic heterocycles. The van der Waals surface area contributed by atoms with Gasteiger partial charge in [-0.25, -0.2) is 0 Å². The molecule has 1 aromatic carbocycles. The van der Waals surface area contributed by atoms with Gasteiger partial charge in [0, 0.05) is 15.3 Å². The van der Waals surface area contributed by atoms with Crippen LogP contribution in [-0.4, -0.2) is 11.0 Å². The van der Waals surface area contributed by atoms with Gasteiger partial charge in [-0.05, 0) is 55.7 Å². The lowest BCUT2D eigenvalue weighted by molar-refractivity contribution is 0.305. The summed E-state index contributed by atoms with van der Waals surface area (Å²) < 4.78 is 5.95. The predicted octanol–water partition coefficient (Wildman–Crippen LogP) is 3.60. The minimum atomic E-state index is 0.110. The van der Waals surface area contributed by atoms with E-state index in [1.54, 1.807) is 11.3 Å². The third kappa shape index (κ3) is 3.55. The number of rotatable bonds is 5. The summed E-state index contributed by atoms with van der Waals surface area (Å²) in [4.78, 5) is 2.58. The zero-order valence-corrected chi connectivity index (χ0v) is 13.3. The van der Waals surface area contributed by atoms with Crippen LogP contribution in [0.3, 0.4) is 0 Å². The van der Waals surface area contributed by atoms with Gasteiger partial charge < -0.3 is 15.7 Å². The molecule has 21 heavy (non-hydrogen) atoms. The molecule has 112 valence electrons. The molecule has 2 rings (SSSR count). The van der Waals surface area contributed by atoms with E-state index in [0.29, 0.717) is 12.2 Å². The number of thiophene rings is 1. The molecule has 0 aliphatic carbocycles. The Morgan fingerprint density at radius 3 is 2.38 bits per heavy atom. The van der Waals surface area contributed by atoms with Crippen molar-refractivity contribution in [3.8, 4) is 5.75 Å². The van der Waals surface area contributed by atoms with Crippen LogP contribution in [0.15, 0.2) is 29.4 Å². The Bertz CT molecular complexity index is 639. The van der Waals surface area contributed by atoms with E-state index in [-0.39, 0.29) is 5.84 Å². The van der Waals surface area contributed by atoms with Gasteiger partial charge in [0.15, 0.2) is 5.84 Å². The molecule has 0 unspecified atom stereocenters. The van der Waals surface area contributed by atoms with Crippen LogP contribution in [0.2, 0.25) is 0 Å². The van der Waals surface area contributed by atoms with Crippen LogP contribution in [0.4, 0.5) is 0 Å². The van der Waals surface area contributed by atoms with Crippen molar-refractivity contribution in [3.63, 3.8) is 0 Å². The molecule has 0 spiro atoms. The quantitative estimate of drug-likeness (QED) is 0.384. The van der Waals surface area contributed by atoms with Gasteiger partial charge in [-0.2, -0.15) is 0 Å². The Morgan fingerprint density at radius 2 is 1.86 bits per heavy atom. The lowest BCUT2D eigenvalue weighted by atomic mass is 10.1. The number of aryl methyl sites for hydroxylation is 3. The minimum absolute atomic E-state index is 0.110. The highest BCUT2D eigenvalue weighted by atomic mass is 32.1. The molecular formula is C16H20N2O2S. The Labute approximate surface area is 128 Å². The molecule has 5 heteroatoms. The molecule has 0 atom stereocenters. The normalized spacial score (nSPS) is 11.7. The first-order valence-corrected chi connectivity index (χ1v) is 7.66. The first-order valence-electron chi connectivity index (χ1n) is 6.84. The van der Waals surface area contributed by atoms with Gasteiger partial charge in [-0.1, -0.05) is 12.1 Å². The number of amidine groups is 1. The van der Waals surface area contributed by atoms with Crippen LogP contribution in [0.5, 0.6) is 5.75 Å². The van der Waals surface area contributed by atoms with Crippen molar-refractivity contribution in [2.24, 2.45) is 10.9 Å². The van der Waals surface area contributed by atoms with Crippen LogP contribution >= 0.6 is 11.3 Å². The topological polar surface area (TPSA) is 67.8 Å². The smallest absolute Gasteiger partial charge is 0.170 e. The molecule has 0 saturated heterocycles. The van der Waals surface area contributed by atoms with Crippen molar-refractivity contribution < 1.29 is 9.94 Å². The second kappa shape index (κ2) is 6.63. The summed E-state index contributed by atoms with van der Waals surface area (Å²) in [6.45, 7) is 6.64. The lowest BCUT2D eigenvalue weighted by Crippen LogP contribution is -2.14. The van der Waals surface area contributed by atoms with E-state index in [2.05, 4.69) is 24.2 Å².